The number of nitrogens with zero attached hydrogens (tertiary/aromatic N) is 3. The lowest BCUT2D eigenvalue weighted by Gasteiger charge is -2.27. The van der Waals surface area contributed by atoms with Gasteiger partial charge in [0.05, 0.1) is 0 Å². The zero-order valence-electron chi connectivity index (χ0n) is 12.1. The topological polar surface area (TPSA) is 41.1 Å². The molecule has 1 aliphatic heterocycles. The van der Waals surface area contributed by atoms with Gasteiger partial charge in [-0.2, -0.15) is 11.8 Å². The number of hydrogen-bond acceptors (Lipinski definition) is 5. The van der Waals surface area contributed by atoms with E-state index in [4.69, 9.17) is 0 Å². The third-order valence-electron chi connectivity index (χ3n) is 3.55. The lowest BCUT2D eigenvalue weighted by atomic mass is 10.1. The summed E-state index contributed by atoms with van der Waals surface area (Å²) in [5, 5.41) is 3.36. The minimum absolute atomic E-state index is 0.616. The van der Waals surface area contributed by atoms with Gasteiger partial charge in [-0.15, -0.1) is 0 Å². The third-order valence-corrected chi connectivity index (χ3v) is 4.70. The molecule has 4 nitrogen and oxygen atoms in total. The van der Waals surface area contributed by atoms with Crippen molar-refractivity contribution >= 4 is 23.4 Å². The molecule has 5 heteroatoms. The Hall–Kier alpha value is -0.970. The maximum atomic E-state index is 4.55. The van der Waals surface area contributed by atoms with Crippen LogP contribution in [0.1, 0.15) is 32.3 Å². The molecule has 0 bridgehead atoms. The number of nitrogens with one attached hydrogen (secondary N) is 1. The number of aromatic nitrogens is 2. The Bertz CT molecular complexity index is 404. The fourth-order valence-electron chi connectivity index (χ4n) is 2.51. The molecule has 1 aliphatic rings. The molecule has 0 aliphatic carbocycles. The first-order valence-electron chi connectivity index (χ1n) is 7.16. The van der Waals surface area contributed by atoms with Crippen LogP contribution in [0, 0.1) is 0 Å². The Morgan fingerprint density at radius 2 is 2.26 bits per heavy atom. The average molecular weight is 280 g/mol. The van der Waals surface area contributed by atoms with E-state index >= 15 is 0 Å². The second kappa shape index (κ2) is 6.98. The molecule has 1 saturated heterocycles. The van der Waals surface area contributed by atoms with Crippen LogP contribution in [-0.4, -0.2) is 41.1 Å². The van der Waals surface area contributed by atoms with Gasteiger partial charge in [-0.05, 0) is 25.5 Å². The summed E-state index contributed by atoms with van der Waals surface area (Å²) in [5.41, 5.74) is 1.27. The summed E-state index contributed by atoms with van der Waals surface area (Å²) in [4.78, 5) is 11.3. The third kappa shape index (κ3) is 3.32. The van der Waals surface area contributed by atoms with Crippen LogP contribution in [0.15, 0.2) is 6.33 Å². The molecule has 1 N–H and O–H groups in total. The first-order valence-corrected chi connectivity index (χ1v) is 8.31. The number of thioether (sulfide) groups is 1. The molecule has 1 fully saturated rings. The SMILES string of the molecule is CCCc1c(NCC)ncnc1N(C)C1CCSC1. The van der Waals surface area contributed by atoms with Gasteiger partial charge in [0.2, 0.25) is 0 Å². The van der Waals surface area contributed by atoms with Gasteiger partial charge in [0.15, 0.2) is 0 Å². The van der Waals surface area contributed by atoms with Crippen LogP contribution in [0.3, 0.4) is 0 Å². The van der Waals surface area contributed by atoms with Gasteiger partial charge in [-0.25, -0.2) is 9.97 Å². The Morgan fingerprint density at radius 3 is 2.89 bits per heavy atom. The van der Waals surface area contributed by atoms with Crippen LogP contribution in [0.25, 0.3) is 0 Å². The Labute approximate surface area is 120 Å². The minimum atomic E-state index is 0.616. The minimum Gasteiger partial charge on any atom is -0.370 e. The molecule has 1 atom stereocenters. The molecule has 19 heavy (non-hydrogen) atoms. The fourth-order valence-corrected chi connectivity index (χ4v) is 3.78. The van der Waals surface area contributed by atoms with E-state index in [-0.39, 0.29) is 0 Å². The fraction of sp³-hybridized carbons (Fsp3) is 0.714. The molecule has 0 radical (unpaired) electrons. The van der Waals surface area contributed by atoms with Crippen molar-refractivity contribution < 1.29 is 0 Å². The summed E-state index contributed by atoms with van der Waals surface area (Å²) in [6, 6.07) is 0.616. The molecular weight excluding hydrogens is 256 g/mol. The first kappa shape index (κ1) is 14.4. The first-order chi connectivity index (χ1) is 9.27. The van der Waals surface area contributed by atoms with Gasteiger partial charge >= 0.3 is 0 Å². The quantitative estimate of drug-likeness (QED) is 0.868. The second-order valence-corrected chi connectivity index (χ2v) is 6.08. The molecule has 0 amide bonds. The van der Waals surface area contributed by atoms with Crippen molar-refractivity contribution in [1.29, 1.82) is 0 Å². The van der Waals surface area contributed by atoms with E-state index < -0.39 is 0 Å². The normalized spacial score (nSPS) is 18.6. The van der Waals surface area contributed by atoms with E-state index in [2.05, 4.69) is 41.1 Å². The standard InChI is InChI=1S/C14H24N4S/c1-4-6-12-13(15-5-2)16-10-17-14(12)18(3)11-7-8-19-9-11/h10-11H,4-9H2,1-3H3,(H,15,16,17). The largest absolute Gasteiger partial charge is 0.370 e. The summed E-state index contributed by atoms with van der Waals surface area (Å²) in [6.07, 6.45) is 5.09. The van der Waals surface area contributed by atoms with Crippen LogP contribution in [0.4, 0.5) is 11.6 Å². The molecule has 0 saturated carbocycles. The summed E-state index contributed by atoms with van der Waals surface area (Å²) in [5.74, 6) is 4.60. The lowest BCUT2D eigenvalue weighted by Crippen LogP contribution is -2.33. The highest BCUT2D eigenvalue weighted by atomic mass is 32.2. The zero-order valence-corrected chi connectivity index (χ0v) is 13.0. The van der Waals surface area contributed by atoms with E-state index in [0.29, 0.717) is 6.04 Å². The molecule has 2 rings (SSSR count). The molecule has 1 aromatic heterocycles. The van der Waals surface area contributed by atoms with Crippen molar-refractivity contribution in [3.05, 3.63) is 11.9 Å². The molecule has 0 aromatic carbocycles. The number of hydrogen-bond donors (Lipinski definition) is 1. The van der Waals surface area contributed by atoms with Crippen molar-refractivity contribution in [2.45, 2.75) is 39.2 Å². The molecule has 106 valence electrons. The summed E-state index contributed by atoms with van der Waals surface area (Å²) in [6.45, 7) is 5.21. The highest BCUT2D eigenvalue weighted by molar-refractivity contribution is 7.99. The summed E-state index contributed by atoms with van der Waals surface area (Å²) in [7, 11) is 2.17. The molecule has 0 spiro atoms. The van der Waals surface area contributed by atoms with Crippen LogP contribution >= 0.6 is 11.8 Å². The van der Waals surface area contributed by atoms with Gasteiger partial charge < -0.3 is 10.2 Å². The van der Waals surface area contributed by atoms with Gasteiger partial charge in [0.1, 0.15) is 18.0 Å². The molecule has 1 aromatic rings. The predicted molar refractivity (Wildman–Crippen MR) is 84.3 cm³/mol. The molecule has 2 heterocycles. The van der Waals surface area contributed by atoms with Crippen molar-refractivity contribution in [3.8, 4) is 0 Å². The highest BCUT2D eigenvalue weighted by Crippen LogP contribution is 2.29. The van der Waals surface area contributed by atoms with Gasteiger partial charge in [0.25, 0.3) is 0 Å². The molecule has 1 unspecified atom stereocenters. The summed E-state index contributed by atoms with van der Waals surface area (Å²) < 4.78 is 0. The average Bonchev–Trinajstić information content (AvgIpc) is 2.94. The van der Waals surface area contributed by atoms with Crippen molar-refractivity contribution in [2.75, 3.05) is 35.3 Å². The van der Waals surface area contributed by atoms with E-state index in [0.717, 1.165) is 31.0 Å². The number of rotatable bonds is 6. The van der Waals surface area contributed by atoms with Crippen LogP contribution < -0.4 is 10.2 Å². The lowest BCUT2D eigenvalue weighted by molar-refractivity contribution is 0.684. The highest BCUT2D eigenvalue weighted by Gasteiger charge is 2.24. The smallest absolute Gasteiger partial charge is 0.137 e. The summed E-state index contributed by atoms with van der Waals surface area (Å²) >= 11 is 2.04. The van der Waals surface area contributed by atoms with Gasteiger partial charge in [-0.1, -0.05) is 13.3 Å². The van der Waals surface area contributed by atoms with Crippen LogP contribution in [-0.2, 0) is 6.42 Å². The Kier molecular flexibility index (Phi) is 5.31. The van der Waals surface area contributed by atoms with E-state index in [9.17, 15) is 0 Å². The van der Waals surface area contributed by atoms with Crippen LogP contribution in [0.2, 0.25) is 0 Å². The zero-order chi connectivity index (χ0) is 13.7. The Morgan fingerprint density at radius 1 is 1.42 bits per heavy atom. The van der Waals surface area contributed by atoms with Crippen molar-refractivity contribution in [3.63, 3.8) is 0 Å². The maximum Gasteiger partial charge on any atom is 0.137 e. The Balaban J connectivity index is 2.28. The molecular formula is C14H24N4S. The van der Waals surface area contributed by atoms with Gasteiger partial charge in [0, 0.05) is 31.0 Å². The van der Waals surface area contributed by atoms with E-state index in [1.165, 1.54) is 23.5 Å². The van der Waals surface area contributed by atoms with Crippen molar-refractivity contribution in [1.82, 2.24) is 9.97 Å². The predicted octanol–water partition coefficient (Wildman–Crippen LogP) is 2.80. The van der Waals surface area contributed by atoms with E-state index in [1.54, 1.807) is 6.33 Å². The second-order valence-electron chi connectivity index (χ2n) is 4.93. The van der Waals surface area contributed by atoms with Crippen LogP contribution in [0.5, 0.6) is 0 Å². The number of anilines is 2. The van der Waals surface area contributed by atoms with E-state index in [1.807, 2.05) is 11.8 Å². The monoisotopic (exact) mass is 280 g/mol. The maximum absolute atomic E-state index is 4.55. The van der Waals surface area contributed by atoms with Gasteiger partial charge in [-0.3, -0.25) is 0 Å². The van der Waals surface area contributed by atoms with Crippen molar-refractivity contribution in [2.24, 2.45) is 0 Å².